The van der Waals surface area contributed by atoms with Crippen molar-refractivity contribution in [3.8, 4) is 0 Å². The number of rotatable bonds is 19. The summed E-state index contributed by atoms with van der Waals surface area (Å²) >= 11 is 1.72. The summed E-state index contributed by atoms with van der Waals surface area (Å²) < 4.78 is 12.2. The van der Waals surface area contributed by atoms with Gasteiger partial charge in [-0.05, 0) is 67.2 Å². The zero-order chi connectivity index (χ0) is 27.9. The monoisotopic (exact) mass is 532 g/mol. The van der Waals surface area contributed by atoms with E-state index < -0.39 is 5.79 Å². The first kappa shape index (κ1) is 35.1. The van der Waals surface area contributed by atoms with Crippen molar-refractivity contribution in [3.05, 3.63) is 0 Å². The minimum atomic E-state index is -0.841. The topological polar surface area (TPSA) is 101 Å². The molecule has 1 unspecified atom stereocenters. The zero-order valence-corrected chi connectivity index (χ0v) is 25.6. The van der Waals surface area contributed by atoms with Crippen LogP contribution in [0.1, 0.15) is 94.4 Å². The van der Waals surface area contributed by atoms with Crippen LogP contribution in [-0.4, -0.2) is 73.7 Å². The van der Waals surface area contributed by atoms with Crippen LogP contribution < -0.4 is 21.3 Å². The summed E-state index contributed by atoms with van der Waals surface area (Å²) in [6.07, 6.45) is 5.99. The van der Waals surface area contributed by atoms with Crippen molar-refractivity contribution in [2.45, 2.75) is 111 Å². The molecule has 0 aliphatic heterocycles. The number of nitrogens with one attached hydrogen (secondary N) is 4. The molecular formula is C27H56N4O4S. The first-order chi connectivity index (χ1) is 16.5. The highest BCUT2D eigenvalue weighted by Gasteiger charge is 2.39. The van der Waals surface area contributed by atoms with Gasteiger partial charge in [0.1, 0.15) is 0 Å². The van der Waals surface area contributed by atoms with E-state index in [0.717, 1.165) is 25.8 Å². The normalized spacial score (nSPS) is 14.4. The van der Waals surface area contributed by atoms with Gasteiger partial charge in [0.15, 0.2) is 5.79 Å². The molecule has 214 valence electrons. The Bertz CT molecular complexity index is 632. The van der Waals surface area contributed by atoms with E-state index in [2.05, 4.69) is 76.7 Å². The van der Waals surface area contributed by atoms with Crippen molar-refractivity contribution in [3.63, 3.8) is 0 Å². The van der Waals surface area contributed by atoms with E-state index in [1.54, 1.807) is 11.8 Å². The summed E-state index contributed by atoms with van der Waals surface area (Å²) in [5, 5.41) is 12.7. The lowest BCUT2D eigenvalue weighted by molar-refractivity contribution is -0.276. The van der Waals surface area contributed by atoms with Gasteiger partial charge in [-0.1, -0.05) is 27.2 Å². The highest BCUT2D eigenvalue weighted by Crippen LogP contribution is 2.34. The molecule has 0 aromatic carbocycles. The van der Waals surface area contributed by atoms with Crippen LogP contribution in [-0.2, 0) is 19.1 Å². The Morgan fingerprint density at radius 2 is 1.19 bits per heavy atom. The lowest BCUT2D eigenvalue weighted by Crippen LogP contribution is -2.48. The molecule has 0 radical (unpaired) electrons. The SMILES string of the molecule is CSC(C)(C)NCCC(=O)NCCOC(C)(OCCNC(=O)CCCCCNC(C)(C)C)C(C)(C)C. The standard InChI is InChI=1S/C27H56N4O4S/c1-24(2,3)27(9,35-21-19-29-23(33)15-17-31-26(7,8)36-10)34-20-18-28-22(32)14-12-11-13-16-30-25(4,5)6/h30-31H,11-21H2,1-10H3,(H,28,32)(H,29,33). The lowest BCUT2D eigenvalue weighted by atomic mass is 9.86. The molecule has 0 bridgehead atoms. The number of ether oxygens (including phenoxy) is 2. The molecule has 2 amide bonds. The van der Waals surface area contributed by atoms with Gasteiger partial charge in [0.25, 0.3) is 0 Å². The van der Waals surface area contributed by atoms with Crippen LogP contribution in [0.5, 0.6) is 0 Å². The average Bonchev–Trinajstić information content (AvgIpc) is 2.75. The molecular weight excluding hydrogens is 476 g/mol. The molecule has 0 saturated heterocycles. The first-order valence-corrected chi connectivity index (χ1v) is 14.6. The highest BCUT2D eigenvalue weighted by molar-refractivity contribution is 7.99. The Labute approximate surface area is 225 Å². The van der Waals surface area contributed by atoms with Crippen LogP contribution in [0.3, 0.4) is 0 Å². The van der Waals surface area contributed by atoms with Gasteiger partial charge < -0.3 is 30.7 Å². The molecule has 0 saturated carbocycles. The van der Waals surface area contributed by atoms with Gasteiger partial charge in [0.2, 0.25) is 11.8 Å². The molecule has 0 heterocycles. The number of thioether (sulfide) groups is 1. The number of hydrogen-bond acceptors (Lipinski definition) is 7. The molecule has 0 aliphatic rings. The summed E-state index contributed by atoms with van der Waals surface area (Å²) in [6, 6.07) is 0. The molecule has 0 rings (SSSR count). The molecule has 36 heavy (non-hydrogen) atoms. The number of carbonyl (C=O) groups excluding carboxylic acids is 2. The number of unbranched alkanes of at least 4 members (excludes halogenated alkanes) is 2. The molecule has 1 atom stereocenters. The molecule has 9 heteroatoms. The van der Waals surface area contributed by atoms with Gasteiger partial charge in [-0.3, -0.25) is 9.59 Å². The second-order valence-electron chi connectivity index (χ2n) is 12.0. The summed E-state index contributed by atoms with van der Waals surface area (Å²) in [5.74, 6) is -0.791. The van der Waals surface area contributed by atoms with E-state index >= 15 is 0 Å². The maximum atomic E-state index is 12.1. The molecule has 0 aromatic heterocycles. The van der Waals surface area contributed by atoms with Crippen molar-refractivity contribution >= 4 is 23.6 Å². The molecule has 0 spiro atoms. The van der Waals surface area contributed by atoms with Gasteiger partial charge in [0, 0.05) is 43.4 Å². The molecule has 0 aromatic rings. The van der Waals surface area contributed by atoms with E-state index in [9.17, 15) is 9.59 Å². The number of hydrogen-bond donors (Lipinski definition) is 4. The smallest absolute Gasteiger partial charge is 0.221 e. The van der Waals surface area contributed by atoms with E-state index in [1.807, 2.05) is 13.2 Å². The molecule has 0 fully saturated rings. The van der Waals surface area contributed by atoms with Crippen molar-refractivity contribution in [1.82, 2.24) is 21.3 Å². The van der Waals surface area contributed by atoms with Crippen molar-refractivity contribution in [1.29, 1.82) is 0 Å². The fourth-order valence-corrected chi connectivity index (χ4v) is 3.37. The van der Waals surface area contributed by atoms with E-state index in [4.69, 9.17) is 9.47 Å². The maximum absolute atomic E-state index is 12.1. The summed E-state index contributed by atoms with van der Waals surface area (Å²) in [4.78, 5) is 24.2. The van der Waals surface area contributed by atoms with Gasteiger partial charge in [-0.2, -0.15) is 0 Å². The van der Waals surface area contributed by atoms with Gasteiger partial charge >= 0.3 is 0 Å². The summed E-state index contributed by atoms with van der Waals surface area (Å²) in [7, 11) is 0. The van der Waals surface area contributed by atoms with Crippen molar-refractivity contribution in [2.75, 3.05) is 45.6 Å². The maximum Gasteiger partial charge on any atom is 0.221 e. The lowest BCUT2D eigenvalue weighted by Gasteiger charge is -2.41. The van der Waals surface area contributed by atoms with Crippen molar-refractivity contribution < 1.29 is 19.1 Å². The van der Waals surface area contributed by atoms with Crippen LogP contribution in [0.15, 0.2) is 0 Å². The number of amides is 2. The summed E-state index contributed by atoms with van der Waals surface area (Å²) in [6.45, 7) is 21.9. The Kier molecular flexibility index (Phi) is 16.5. The molecule has 8 nitrogen and oxygen atoms in total. The van der Waals surface area contributed by atoms with Gasteiger partial charge in [-0.25, -0.2) is 0 Å². The van der Waals surface area contributed by atoms with Crippen LogP contribution in [0, 0.1) is 5.41 Å². The molecule has 4 N–H and O–H groups in total. The van der Waals surface area contributed by atoms with Gasteiger partial charge in [-0.15, -0.1) is 11.8 Å². The van der Waals surface area contributed by atoms with E-state index in [-0.39, 0.29) is 27.6 Å². The molecule has 0 aliphatic carbocycles. The predicted octanol–water partition coefficient (Wildman–Crippen LogP) is 4.04. The fourth-order valence-electron chi connectivity index (χ4n) is 3.12. The Hall–Kier alpha value is -0.870. The fraction of sp³-hybridized carbons (Fsp3) is 0.926. The van der Waals surface area contributed by atoms with E-state index in [0.29, 0.717) is 45.7 Å². The van der Waals surface area contributed by atoms with E-state index in [1.165, 1.54) is 0 Å². The summed E-state index contributed by atoms with van der Waals surface area (Å²) in [5.41, 5.74) is -0.144. The second-order valence-corrected chi connectivity index (χ2v) is 13.4. The van der Waals surface area contributed by atoms with Gasteiger partial charge in [0.05, 0.1) is 18.1 Å². The van der Waals surface area contributed by atoms with Crippen LogP contribution in [0.2, 0.25) is 0 Å². The minimum Gasteiger partial charge on any atom is -0.354 e. The second kappa shape index (κ2) is 16.9. The van der Waals surface area contributed by atoms with Crippen LogP contribution in [0.25, 0.3) is 0 Å². The van der Waals surface area contributed by atoms with Crippen LogP contribution >= 0.6 is 11.8 Å². The minimum absolute atomic E-state index is 0.00504. The van der Waals surface area contributed by atoms with Crippen LogP contribution in [0.4, 0.5) is 0 Å². The average molecular weight is 533 g/mol. The first-order valence-electron chi connectivity index (χ1n) is 13.4. The Morgan fingerprint density at radius 1 is 0.667 bits per heavy atom. The Balaban J connectivity index is 4.17. The number of carbonyl (C=O) groups is 2. The third-order valence-corrected chi connectivity index (χ3v) is 7.28. The predicted molar refractivity (Wildman–Crippen MR) is 152 cm³/mol. The Morgan fingerprint density at radius 3 is 1.67 bits per heavy atom. The van der Waals surface area contributed by atoms with Crippen molar-refractivity contribution in [2.24, 2.45) is 5.41 Å². The quantitative estimate of drug-likeness (QED) is 0.147. The highest BCUT2D eigenvalue weighted by atomic mass is 32.2. The largest absolute Gasteiger partial charge is 0.354 e. The third-order valence-electron chi connectivity index (χ3n) is 6.11. The third kappa shape index (κ3) is 17.6. The zero-order valence-electron chi connectivity index (χ0n) is 24.8.